The molecule has 0 atom stereocenters. The Kier molecular flexibility index (Phi) is 5.26. The summed E-state index contributed by atoms with van der Waals surface area (Å²) in [5.74, 6) is 0.586. The van der Waals surface area contributed by atoms with Gasteiger partial charge in [0.2, 0.25) is 0 Å². The second-order valence-electron chi connectivity index (χ2n) is 7.46. The van der Waals surface area contributed by atoms with Gasteiger partial charge in [-0.2, -0.15) is 5.10 Å². The molecule has 0 heterocycles. The summed E-state index contributed by atoms with van der Waals surface area (Å²) in [5.41, 5.74) is 4.85. The van der Waals surface area contributed by atoms with E-state index in [9.17, 15) is 4.79 Å². The van der Waals surface area contributed by atoms with Gasteiger partial charge in [0.05, 0.1) is 11.8 Å². The lowest BCUT2D eigenvalue weighted by Crippen LogP contribution is -2.22. The summed E-state index contributed by atoms with van der Waals surface area (Å²) >= 11 is 0. The molecule has 27 heavy (non-hydrogen) atoms. The van der Waals surface area contributed by atoms with Crippen molar-refractivity contribution in [1.29, 1.82) is 0 Å². The van der Waals surface area contributed by atoms with E-state index in [4.69, 9.17) is 4.74 Å². The minimum Gasteiger partial charge on any atom is -0.488 e. The predicted molar refractivity (Wildman–Crippen MR) is 111 cm³/mol. The smallest absolute Gasteiger partial charge is 0.272 e. The number of ether oxygens (including phenoxy) is 1. The molecule has 0 aliphatic carbocycles. The Labute approximate surface area is 159 Å². The van der Waals surface area contributed by atoms with Gasteiger partial charge in [-0.05, 0) is 73.9 Å². The summed E-state index contributed by atoms with van der Waals surface area (Å²) in [7, 11) is 0. The molecule has 0 aromatic heterocycles. The van der Waals surface area contributed by atoms with Crippen LogP contribution in [0.4, 0.5) is 0 Å². The maximum absolute atomic E-state index is 12.6. The first-order chi connectivity index (χ1) is 12.8. The Morgan fingerprint density at radius 2 is 1.70 bits per heavy atom. The third-order valence-corrected chi connectivity index (χ3v) is 4.05. The molecule has 3 rings (SSSR count). The van der Waals surface area contributed by atoms with Gasteiger partial charge in [0.1, 0.15) is 11.4 Å². The van der Waals surface area contributed by atoms with Crippen molar-refractivity contribution < 1.29 is 9.53 Å². The fraction of sp³-hybridized carbons (Fsp3) is 0.217. The average molecular weight is 360 g/mol. The lowest BCUT2D eigenvalue weighted by molar-refractivity contribution is 0.0956. The molecule has 1 N–H and O–H groups in total. The molecule has 0 radical (unpaired) electrons. The SMILES string of the molecule is Cc1ccc2ccccc2c1C(=O)N/N=C\c1ccc(OC(C)(C)C)cc1. The zero-order chi connectivity index (χ0) is 19.4. The largest absolute Gasteiger partial charge is 0.488 e. The lowest BCUT2D eigenvalue weighted by Gasteiger charge is -2.21. The summed E-state index contributed by atoms with van der Waals surface area (Å²) in [6, 6.07) is 19.4. The number of nitrogens with zero attached hydrogens (tertiary/aromatic N) is 1. The maximum Gasteiger partial charge on any atom is 0.272 e. The van der Waals surface area contributed by atoms with Crippen LogP contribution >= 0.6 is 0 Å². The molecule has 0 bridgehead atoms. The quantitative estimate of drug-likeness (QED) is 0.520. The monoisotopic (exact) mass is 360 g/mol. The number of nitrogens with one attached hydrogen (secondary N) is 1. The molecule has 4 heteroatoms. The van der Waals surface area contributed by atoms with Gasteiger partial charge in [-0.15, -0.1) is 0 Å². The van der Waals surface area contributed by atoms with Crippen molar-refractivity contribution in [1.82, 2.24) is 5.43 Å². The van der Waals surface area contributed by atoms with E-state index in [1.807, 2.05) is 88.4 Å². The molecule has 1 amide bonds. The molecule has 138 valence electrons. The molecule has 0 saturated heterocycles. The Morgan fingerprint density at radius 3 is 2.41 bits per heavy atom. The van der Waals surface area contributed by atoms with E-state index < -0.39 is 0 Å². The first-order valence-corrected chi connectivity index (χ1v) is 8.94. The Morgan fingerprint density at radius 1 is 1.00 bits per heavy atom. The minimum atomic E-state index is -0.236. The Bertz CT molecular complexity index is 983. The van der Waals surface area contributed by atoms with E-state index in [1.54, 1.807) is 6.21 Å². The van der Waals surface area contributed by atoms with Crippen molar-refractivity contribution in [2.75, 3.05) is 0 Å². The van der Waals surface area contributed by atoms with Gasteiger partial charge in [-0.25, -0.2) is 5.43 Å². The molecular weight excluding hydrogens is 336 g/mol. The van der Waals surface area contributed by atoms with E-state index in [1.165, 1.54) is 0 Å². The maximum atomic E-state index is 12.6. The number of aryl methyl sites for hydroxylation is 1. The molecule has 0 spiro atoms. The van der Waals surface area contributed by atoms with Crippen LogP contribution in [0.5, 0.6) is 5.75 Å². The van der Waals surface area contributed by atoms with Gasteiger partial charge in [-0.3, -0.25) is 4.79 Å². The van der Waals surface area contributed by atoms with Crippen LogP contribution in [0.3, 0.4) is 0 Å². The third-order valence-electron chi connectivity index (χ3n) is 4.05. The summed E-state index contributed by atoms with van der Waals surface area (Å²) in [6.07, 6.45) is 1.62. The Hall–Kier alpha value is -3.14. The number of carbonyl (C=O) groups is 1. The molecule has 3 aromatic carbocycles. The highest BCUT2D eigenvalue weighted by molar-refractivity contribution is 6.08. The summed E-state index contributed by atoms with van der Waals surface area (Å²) < 4.78 is 5.80. The zero-order valence-corrected chi connectivity index (χ0v) is 16.1. The normalized spacial score (nSPS) is 11.7. The van der Waals surface area contributed by atoms with Crippen molar-refractivity contribution in [3.8, 4) is 5.75 Å². The summed E-state index contributed by atoms with van der Waals surface area (Å²) in [6.45, 7) is 7.95. The van der Waals surface area contributed by atoms with Crippen LogP contribution in [-0.2, 0) is 0 Å². The number of carbonyl (C=O) groups excluding carboxylic acids is 1. The van der Waals surface area contributed by atoms with Crippen LogP contribution in [-0.4, -0.2) is 17.7 Å². The number of rotatable bonds is 4. The Balaban J connectivity index is 1.72. The molecule has 0 aliphatic rings. The first kappa shape index (κ1) is 18.6. The number of amides is 1. The summed E-state index contributed by atoms with van der Waals surface area (Å²) in [4.78, 5) is 12.6. The first-order valence-electron chi connectivity index (χ1n) is 8.94. The zero-order valence-electron chi connectivity index (χ0n) is 16.1. The number of benzene rings is 3. The van der Waals surface area contributed by atoms with Crippen LogP contribution in [0.15, 0.2) is 65.8 Å². The van der Waals surface area contributed by atoms with Crippen LogP contribution in [0.25, 0.3) is 10.8 Å². The third kappa shape index (κ3) is 4.73. The van der Waals surface area contributed by atoms with E-state index in [0.717, 1.165) is 27.6 Å². The molecule has 3 aromatic rings. The van der Waals surface area contributed by atoms with E-state index in [-0.39, 0.29) is 11.5 Å². The van der Waals surface area contributed by atoms with E-state index >= 15 is 0 Å². The van der Waals surface area contributed by atoms with Crippen LogP contribution < -0.4 is 10.2 Å². The van der Waals surface area contributed by atoms with Crippen molar-refractivity contribution in [2.45, 2.75) is 33.3 Å². The standard InChI is InChI=1S/C23H24N2O2/c1-16-9-12-18-7-5-6-8-20(18)21(16)22(26)25-24-15-17-10-13-19(14-11-17)27-23(2,3)4/h5-15H,1-4H3,(H,25,26)/b24-15-. The fourth-order valence-corrected chi connectivity index (χ4v) is 2.88. The van der Waals surface area contributed by atoms with Crippen molar-refractivity contribution in [2.24, 2.45) is 5.10 Å². The average Bonchev–Trinajstić information content (AvgIpc) is 2.61. The minimum absolute atomic E-state index is 0.215. The van der Waals surface area contributed by atoms with E-state index in [2.05, 4.69) is 10.5 Å². The van der Waals surface area contributed by atoms with Crippen molar-refractivity contribution in [3.63, 3.8) is 0 Å². The predicted octanol–water partition coefficient (Wildman–Crippen LogP) is 5.09. The molecule has 0 aliphatic heterocycles. The number of hydrogen-bond donors (Lipinski definition) is 1. The van der Waals surface area contributed by atoms with Gasteiger partial charge in [0.15, 0.2) is 0 Å². The fourth-order valence-electron chi connectivity index (χ4n) is 2.88. The van der Waals surface area contributed by atoms with Crippen LogP contribution in [0.1, 0.15) is 42.3 Å². The highest BCUT2D eigenvalue weighted by Gasteiger charge is 2.13. The molecule has 0 fully saturated rings. The van der Waals surface area contributed by atoms with Gasteiger partial charge in [-0.1, -0.05) is 36.4 Å². The highest BCUT2D eigenvalue weighted by Crippen LogP contribution is 2.22. The van der Waals surface area contributed by atoms with Gasteiger partial charge >= 0.3 is 0 Å². The van der Waals surface area contributed by atoms with Crippen LogP contribution in [0.2, 0.25) is 0 Å². The second kappa shape index (κ2) is 7.62. The molecular formula is C23H24N2O2. The number of hydrazone groups is 1. The molecule has 0 saturated carbocycles. The molecule has 4 nitrogen and oxygen atoms in total. The number of hydrogen-bond acceptors (Lipinski definition) is 3. The molecule has 0 unspecified atom stereocenters. The second-order valence-corrected chi connectivity index (χ2v) is 7.46. The van der Waals surface area contributed by atoms with Gasteiger partial charge in [0, 0.05) is 0 Å². The lowest BCUT2D eigenvalue weighted by atomic mass is 9.99. The van der Waals surface area contributed by atoms with Crippen molar-refractivity contribution in [3.05, 3.63) is 77.4 Å². The highest BCUT2D eigenvalue weighted by atomic mass is 16.5. The van der Waals surface area contributed by atoms with Gasteiger partial charge in [0.25, 0.3) is 5.91 Å². The van der Waals surface area contributed by atoms with Crippen LogP contribution in [0, 0.1) is 6.92 Å². The van der Waals surface area contributed by atoms with Gasteiger partial charge < -0.3 is 4.74 Å². The number of fused-ring (bicyclic) bond motifs is 1. The van der Waals surface area contributed by atoms with Crippen molar-refractivity contribution >= 4 is 22.9 Å². The summed E-state index contributed by atoms with van der Waals surface area (Å²) in [5, 5.41) is 6.06. The van der Waals surface area contributed by atoms with E-state index in [0.29, 0.717) is 5.56 Å². The topological polar surface area (TPSA) is 50.7 Å².